The van der Waals surface area contributed by atoms with Gasteiger partial charge >= 0.3 is 5.97 Å². The second-order valence-corrected chi connectivity index (χ2v) is 9.39. The van der Waals surface area contributed by atoms with Crippen molar-refractivity contribution in [3.8, 4) is 5.75 Å². The van der Waals surface area contributed by atoms with Crippen LogP contribution in [0.3, 0.4) is 0 Å². The summed E-state index contributed by atoms with van der Waals surface area (Å²) in [5, 5.41) is 11.4. The van der Waals surface area contributed by atoms with E-state index < -0.39 is 23.7 Å². The van der Waals surface area contributed by atoms with Gasteiger partial charge in [0.25, 0.3) is 11.7 Å². The van der Waals surface area contributed by atoms with E-state index in [0.717, 1.165) is 31.2 Å². The van der Waals surface area contributed by atoms with Crippen molar-refractivity contribution in [2.75, 3.05) is 18.6 Å². The molecule has 3 aromatic rings. The van der Waals surface area contributed by atoms with Crippen molar-refractivity contribution in [1.29, 1.82) is 0 Å². The van der Waals surface area contributed by atoms with Gasteiger partial charge in [-0.05, 0) is 66.4 Å². The highest BCUT2D eigenvalue weighted by Gasteiger charge is 2.47. The van der Waals surface area contributed by atoms with Crippen LogP contribution in [-0.2, 0) is 20.7 Å². The number of unbranched alkanes of at least 4 members (excludes halogenated alkanes) is 2. The first-order valence-corrected chi connectivity index (χ1v) is 13.2. The van der Waals surface area contributed by atoms with E-state index in [9.17, 15) is 19.5 Å². The molecule has 0 radical (unpaired) electrons. The second-order valence-electron chi connectivity index (χ2n) is 9.39. The highest BCUT2D eigenvalue weighted by atomic mass is 16.5. The summed E-state index contributed by atoms with van der Waals surface area (Å²) in [4.78, 5) is 40.4. The van der Waals surface area contributed by atoms with Crippen molar-refractivity contribution in [1.82, 2.24) is 0 Å². The number of anilines is 1. The minimum Gasteiger partial charge on any atom is -0.507 e. The molecular weight excluding hydrogens is 494 g/mol. The second kappa shape index (κ2) is 12.4. The summed E-state index contributed by atoms with van der Waals surface area (Å²) in [5.74, 6) is -1.77. The van der Waals surface area contributed by atoms with E-state index in [-0.39, 0.29) is 16.9 Å². The number of hydrogen-bond donors (Lipinski definition) is 1. The van der Waals surface area contributed by atoms with Gasteiger partial charge in [-0.15, -0.1) is 0 Å². The number of aliphatic hydroxyl groups excluding tert-OH is 1. The Morgan fingerprint density at radius 3 is 2.28 bits per heavy atom. The zero-order valence-electron chi connectivity index (χ0n) is 22.5. The predicted molar refractivity (Wildman–Crippen MR) is 150 cm³/mol. The van der Waals surface area contributed by atoms with E-state index in [2.05, 4.69) is 6.92 Å². The molecule has 0 aromatic heterocycles. The Bertz CT molecular complexity index is 1370. The monoisotopic (exact) mass is 527 g/mol. The Morgan fingerprint density at radius 2 is 1.64 bits per heavy atom. The third-order valence-electron chi connectivity index (χ3n) is 6.84. The number of ether oxygens (including phenoxy) is 2. The predicted octanol–water partition coefficient (Wildman–Crippen LogP) is 6.23. The van der Waals surface area contributed by atoms with E-state index in [0.29, 0.717) is 29.2 Å². The lowest BCUT2D eigenvalue weighted by Crippen LogP contribution is -2.29. The third-order valence-corrected chi connectivity index (χ3v) is 6.84. The molecule has 39 heavy (non-hydrogen) atoms. The van der Waals surface area contributed by atoms with Crippen LogP contribution in [0, 0.1) is 0 Å². The number of ketones is 1. The summed E-state index contributed by atoms with van der Waals surface area (Å²) in [6.07, 6.45) is 3.97. The zero-order valence-corrected chi connectivity index (χ0v) is 22.5. The first kappa shape index (κ1) is 27.6. The summed E-state index contributed by atoms with van der Waals surface area (Å²) >= 11 is 0. The van der Waals surface area contributed by atoms with Crippen molar-refractivity contribution in [3.63, 3.8) is 0 Å². The van der Waals surface area contributed by atoms with Crippen LogP contribution in [0.5, 0.6) is 5.75 Å². The normalized spacial score (nSPS) is 16.4. The molecule has 202 valence electrons. The number of nitrogens with zero attached hydrogens (tertiary/aromatic N) is 1. The zero-order chi connectivity index (χ0) is 27.9. The number of amides is 1. The number of benzene rings is 3. The molecule has 3 aromatic carbocycles. The summed E-state index contributed by atoms with van der Waals surface area (Å²) in [6.45, 7) is 4.77. The molecule has 1 unspecified atom stereocenters. The molecule has 1 aliphatic rings. The molecule has 1 amide bonds. The molecule has 1 saturated heterocycles. The molecule has 1 atom stereocenters. The first-order chi connectivity index (χ1) is 18.9. The molecule has 4 rings (SSSR count). The minimum atomic E-state index is -0.895. The molecule has 7 heteroatoms. The van der Waals surface area contributed by atoms with E-state index in [4.69, 9.17) is 9.47 Å². The molecule has 1 N–H and O–H groups in total. The number of carbonyl (C=O) groups is 3. The van der Waals surface area contributed by atoms with Gasteiger partial charge in [0.1, 0.15) is 11.5 Å². The van der Waals surface area contributed by atoms with Crippen molar-refractivity contribution in [3.05, 3.63) is 101 Å². The standard InChI is InChI=1S/C32H33NO6/c1-4-6-7-19-39-26-17-15-23(16-18-26)29(34)27-28(22-13-11-21(5-2)12-14-22)33(31(36)30(27)35)25-10-8-9-24(20-25)32(37)38-3/h8-18,20,28,34H,4-7,19H2,1-3H3/b29-27+. The van der Waals surface area contributed by atoms with Crippen molar-refractivity contribution < 1.29 is 29.0 Å². The number of methoxy groups -OCH3 is 1. The molecule has 0 spiro atoms. The fourth-order valence-electron chi connectivity index (χ4n) is 4.66. The van der Waals surface area contributed by atoms with Crippen LogP contribution in [0.1, 0.15) is 66.2 Å². The topological polar surface area (TPSA) is 93.1 Å². The number of aliphatic hydroxyl groups is 1. The highest BCUT2D eigenvalue weighted by molar-refractivity contribution is 6.51. The smallest absolute Gasteiger partial charge is 0.337 e. The Morgan fingerprint density at radius 1 is 0.923 bits per heavy atom. The van der Waals surface area contributed by atoms with E-state index in [1.165, 1.54) is 18.1 Å². The highest BCUT2D eigenvalue weighted by Crippen LogP contribution is 2.42. The number of rotatable bonds is 10. The maximum absolute atomic E-state index is 13.4. The lowest BCUT2D eigenvalue weighted by molar-refractivity contribution is -0.132. The first-order valence-electron chi connectivity index (χ1n) is 13.2. The van der Waals surface area contributed by atoms with Crippen LogP contribution in [0.25, 0.3) is 5.76 Å². The molecule has 0 aliphatic carbocycles. The number of hydrogen-bond acceptors (Lipinski definition) is 6. The number of esters is 1. The Kier molecular flexibility index (Phi) is 8.81. The summed E-state index contributed by atoms with van der Waals surface area (Å²) in [7, 11) is 1.28. The van der Waals surface area contributed by atoms with Crippen LogP contribution in [0.15, 0.2) is 78.4 Å². The van der Waals surface area contributed by atoms with Gasteiger partial charge in [-0.1, -0.05) is 57.0 Å². The Balaban J connectivity index is 1.78. The average molecular weight is 528 g/mol. The Labute approximate surface area is 228 Å². The SMILES string of the molecule is CCCCCOc1ccc(/C(O)=C2\C(=O)C(=O)N(c3cccc(C(=O)OC)c3)C2c2ccc(CC)cc2)cc1. The lowest BCUT2D eigenvalue weighted by Gasteiger charge is -2.26. The van der Waals surface area contributed by atoms with Crippen LogP contribution in [0.4, 0.5) is 5.69 Å². The quantitative estimate of drug-likeness (QED) is 0.110. The van der Waals surface area contributed by atoms with Gasteiger partial charge in [0.2, 0.25) is 0 Å². The van der Waals surface area contributed by atoms with Gasteiger partial charge in [-0.25, -0.2) is 4.79 Å². The van der Waals surface area contributed by atoms with Crippen LogP contribution < -0.4 is 9.64 Å². The van der Waals surface area contributed by atoms with E-state index in [1.807, 2.05) is 31.2 Å². The number of aryl methyl sites for hydroxylation is 1. The fraction of sp³-hybridized carbons (Fsp3) is 0.281. The van der Waals surface area contributed by atoms with Crippen LogP contribution in [0.2, 0.25) is 0 Å². The van der Waals surface area contributed by atoms with Gasteiger partial charge < -0.3 is 14.6 Å². The van der Waals surface area contributed by atoms with E-state index in [1.54, 1.807) is 42.5 Å². The van der Waals surface area contributed by atoms with Gasteiger partial charge in [0.05, 0.1) is 30.9 Å². The molecular formula is C32H33NO6. The van der Waals surface area contributed by atoms with E-state index >= 15 is 0 Å². The van der Waals surface area contributed by atoms with Gasteiger partial charge in [0, 0.05) is 11.3 Å². The van der Waals surface area contributed by atoms with Gasteiger partial charge in [-0.2, -0.15) is 0 Å². The molecule has 7 nitrogen and oxygen atoms in total. The van der Waals surface area contributed by atoms with Gasteiger partial charge in [-0.3, -0.25) is 14.5 Å². The third kappa shape index (κ3) is 5.87. The summed E-state index contributed by atoms with van der Waals surface area (Å²) < 4.78 is 10.6. The average Bonchev–Trinajstić information content (AvgIpc) is 3.24. The molecule has 0 bridgehead atoms. The van der Waals surface area contributed by atoms with Crippen molar-refractivity contribution in [2.24, 2.45) is 0 Å². The maximum atomic E-state index is 13.4. The molecule has 1 fully saturated rings. The maximum Gasteiger partial charge on any atom is 0.337 e. The molecule has 0 saturated carbocycles. The van der Waals surface area contributed by atoms with Gasteiger partial charge in [0.15, 0.2) is 0 Å². The van der Waals surface area contributed by atoms with Crippen LogP contribution in [-0.4, -0.2) is 36.5 Å². The summed E-state index contributed by atoms with van der Waals surface area (Å²) in [5.41, 5.74) is 2.72. The number of carbonyl (C=O) groups excluding carboxylic acids is 3. The largest absolute Gasteiger partial charge is 0.507 e. The molecule has 1 heterocycles. The number of Topliss-reactive ketones (excluding diaryl/α,β-unsaturated/α-hetero) is 1. The Hall–Kier alpha value is -4.39. The summed E-state index contributed by atoms with van der Waals surface area (Å²) in [6, 6.07) is 19.9. The minimum absolute atomic E-state index is 0.0238. The van der Waals surface area contributed by atoms with Crippen LogP contribution >= 0.6 is 0 Å². The molecule has 1 aliphatic heterocycles. The van der Waals surface area contributed by atoms with Crippen molar-refractivity contribution in [2.45, 2.75) is 45.6 Å². The van der Waals surface area contributed by atoms with Crippen molar-refractivity contribution >= 4 is 29.1 Å². The fourth-order valence-corrected chi connectivity index (χ4v) is 4.66. The lowest BCUT2D eigenvalue weighted by atomic mass is 9.94.